The van der Waals surface area contributed by atoms with Gasteiger partial charge >= 0.3 is 0 Å². The number of non-ortho nitro benzene ring substituents is 1. The fourth-order valence-electron chi connectivity index (χ4n) is 2.40. The van der Waals surface area contributed by atoms with Crippen molar-refractivity contribution in [3.05, 3.63) is 75.2 Å². The maximum Gasteiger partial charge on any atom is 0.269 e. The second-order valence-corrected chi connectivity index (χ2v) is 6.38. The Morgan fingerprint density at radius 1 is 1.17 bits per heavy atom. The lowest BCUT2D eigenvalue weighted by atomic mass is 10.2. The molecule has 0 amide bonds. The Kier molecular flexibility index (Phi) is 4.66. The molecule has 1 heterocycles. The van der Waals surface area contributed by atoms with Gasteiger partial charge in [0.05, 0.1) is 4.92 Å². The minimum atomic E-state index is -0.592. The highest BCUT2D eigenvalue weighted by atomic mass is 32.1. The van der Waals surface area contributed by atoms with Gasteiger partial charge in [0, 0.05) is 34.8 Å². The predicted octanol–water partition coefficient (Wildman–Crippen LogP) is 3.63. The van der Waals surface area contributed by atoms with Crippen LogP contribution >= 0.6 is 11.3 Å². The van der Waals surface area contributed by atoms with Gasteiger partial charge in [-0.15, -0.1) is 11.3 Å². The average Bonchev–Trinajstić information content (AvgIpc) is 2.99. The third kappa shape index (κ3) is 3.73. The fraction of sp³-hybridized carbons (Fsp3) is 0.176. The number of aliphatic hydroxyl groups excluding tert-OH is 1. The zero-order valence-corrected chi connectivity index (χ0v) is 13.1. The number of benzene rings is 2. The number of aliphatic hydroxyl groups is 1. The first kappa shape index (κ1) is 15.6. The molecule has 0 saturated carbocycles. The molecule has 0 aliphatic carbocycles. The molecule has 6 heteroatoms. The second kappa shape index (κ2) is 6.87. The van der Waals surface area contributed by atoms with E-state index >= 15 is 0 Å². The Morgan fingerprint density at radius 3 is 2.78 bits per heavy atom. The second-order valence-electron chi connectivity index (χ2n) is 5.26. The SMILES string of the molecule is O=[N+]([O-])c1cccc(CNCC(O)c2cc3ccccc3s2)c1. The van der Waals surface area contributed by atoms with Crippen LogP contribution in [-0.4, -0.2) is 16.6 Å². The van der Waals surface area contributed by atoms with Crippen LogP contribution in [0, 0.1) is 10.1 Å². The molecule has 0 fully saturated rings. The van der Waals surface area contributed by atoms with Crippen LogP contribution in [0.4, 0.5) is 5.69 Å². The zero-order valence-electron chi connectivity index (χ0n) is 12.3. The van der Waals surface area contributed by atoms with E-state index in [4.69, 9.17) is 0 Å². The lowest BCUT2D eigenvalue weighted by molar-refractivity contribution is -0.384. The van der Waals surface area contributed by atoms with Crippen LogP contribution in [0.25, 0.3) is 10.1 Å². The number of nitrogens with one attached hydrogen (secondary N) is 1. The standard InChI is InChI=1S/C17H16N2O3S/c20-15(17-9-13-5-1-2-7-16(13)23-17)11-18-10-12-4-3-6-14(8-12)19(21)22/h1-9,15,18,20H,10-11H2. The van der Waals surface area contributed by atoms with Crippen LogP contribution in [-0.2, 0) is 6.54 Å². The van der Waals surface area contributed by atoms with E-state index in [1.165, 1.54) is 6.07 Å². The van der Waals surface area contributed by atoms with Crippen LogP contribution in [0.2, 0.25) is 0 Å². The third-order valence-electron chi connectivity index (χ3n) is 3.56. The van der Waals surface area contributed by atoms with Crippen molar-refractivity contribution in [2.24, 2.45) is 0 Å². The molecule has 3 aromatic rings. The smallest absolute Gasteiger partial charge is 0.269 e. The van der Waals surface area contributed by atoms with E-state index < -0.39 is 11.0 Å². The maximum atomic E-state index is 10.8. The Labute approximate surface area is 137 Å². The summed E-state index contributed by atoms with van der Waals surface area (Å²) in [7, 11) is 0. The summed E-state index contributed by atoms with van der Waals surface area (Å²) in [5.74, 6) is 0. The minimum absolute atomic E-state index is 0.0781. The first-order valence-electron chi connectivity index (χ1n) is 7.24. The third-order valence-corrected chi connectivity index (χ3v) is 4.78. The van der Waals surface area contributed by atoms with Crippen molar-refractivity contribution in [3.8, 4) is 0 Å². The molecule has 23 heavy (non-hydrogen) atoms. The fourth-order valence-corrected chi connectivity index (χ4v) is 3.45. The van der Waals surface area contributed by atoms with Crippen LogP contribution in [0.15, 0.2) is 54.6 Å². The summed E-state index contributed by atoms with van der Waals surface area (Å²) in [5.41, 5.74) is 0.900. The summed E-state index contributed by atoms with van der Waals surface area (Å²) in [4.78, 5) is 11.3. The summed E-state index contributed by atoms with van der Waals surface area (Å²) in [6.07, 6.45) is -0.592. The molecule has 0 spiro atoms. The highest BCUT2D eigenvalue weighted by Crippen LogP contribution is 2.29. The first-order valence-corrected chi connectivity index (χ1v) is 8.06. The Bertz CT molecular complexity index is 798. The normalized spacial score (nSPS) is 12.4. The van der Waals surface area contributed by atoms with E-state index in [0.717, 1.165) is 20.5 Å². The summed E-state index contributed by atoms with van der Waals surface area (Å²) < 4.78 is 1.15. The van der Waals surface area contributed by atoms with Gasteiger partial charge in [-0.25, -0.2) is 0 Å². The first-order chi connectivity index (χ1) is 11.1. The molecule has 0 radical (unpaired) electrons. The quantitative estimate of drug-likeness (QED) is 0.535. The van der Waals surface area contributed by atoms with E-state index in [-0.39, 0.29) is 5.69 Å². The molecule has 2 aromatic carbocycles. The monoisotopic (exact) mass is 328 g/mol. The van der Waals surface area contributed by atoms with Gasteiger partial charge in [0.15, 0.2) is 0 Å². The molecule has 3 rings (SSSR count). The number of nitrogens with zero attached hydrogens (tertiary/aromatic N) is 1. The molecule has 5 nitrogen and oxygen atoms in total. The van der Waals surface area contributed by atoms with Gasteiger partial charge in [-0.05, 0) is 23.1 Å². The maximum absolute atomic E-state index is 10.8. The number of thiophene rings is 1. The summed E-state index contributed by atoms with van der Waals surface area (Å²) in [6.45, 7) is 0.874. The van der Waals surface area contributed by atoms with Crippen LogP contribution in [0.3, 0.4) is 0 Å². The Hall–Kier alpha value is -2.28. The van der Waals surface area contributed by atoms with Crippen molar-refractivity contribution in [1.82, 2.24) is 5.32 Å². The molecule has 1 atom stereocenters. The van der Waals surface area contributed by atoms with Crippen LogP contribution in [0.5, 0.6) is 0 Å². The van der Waals surface area contributed by atoms with Crippen molar-refractivity contribution < 1.29 is 10.0 Å². The Morgan fingerprint density at radius 2 is 2.00 bits per heavy atom. The van der Waals surface area contributed by atoms with Gasteiger partial charge in [-0.3, -0.25) is 10.1 Å². The molecule has 0 saturated heterocycles. The molecule has 118 valence electrons. The van der Waals surface area contributed by atoms with E-state index in [1.54, 1.807) is 23.5 Å². The number of hydrogen-bond acceptors (Lipinski definition) is 5. The number of nitro benzene ring substituents is 1. The summed E-state index contributed by atoms with van der Waals surface area (Å²) in [5, 5.41) is 25.3. The molecular formula is C17H16N2O3S. The predicted molar refractivity (Wildman–Crippen MR) is 91.6 cm³/mol. The summed E-state index contributed by atoms with van der Waals surface area (Å²) in [6, 6.07) is 16.5. The zero-order chi connectivity index (χ0) is 16.2. The van der Waals surface area contributed by atoms with Crippen LogP contribution in [0.1, 0.15) is 16.5 Å². The molecule has 2 N–H and O–H groups in total. The minimum Gasteiger partial charge on any atom is -0.386 e. The van der Waals surface area contributed by atoms with Crippen molar-refractivity contribution in [2.75, 3.05) is 6.54 Å². The van der Waals surface area contributed by atoms with Gasteiger partial charge in [-0.2, -0.15) is 0 Å². The highest BCUT2D eigenvalue weighted by molar-refractivity contribution is 7.19. The van der Waals surface area contributed by atoms with Crippen molar-refractivity contribution in [2.45, 2.75) is 12.6 Å². The number of hydrogen-bond donors (Lipinski definition) is 2. The van der Waals surface area contributed by atoms with E-state index in [1.807, 2.05) is 36.4 Å². The van der Waals surface area contributed by atoms with Crippen molar-refractivity contribution >= 4 is 27.1 Å². The molecule has 0 bridgehead atoms. The van der Waals surface area contributed by atoms with Gasteiger partial charge in [0.2, 0.25) is 0 Å². The van der Waals surface area contributed by atoms with Crippen molar-refractivity contribution in [1.29, 1.82) is 0 Å². The molecule has 1 aromatic heterocycles. The topological polar surface area (TPSA) is 75.4 Å². The largest absolute Gasteiger partial charge is 0.386 e. The number of nitro groups is 1. The summed E-state index contributed by atoms with van der Waals surface area (Å²) >= 11 is 1.58. The number of rotatable bonds is 6. The van der Waals surface area contributed by atoms with Crippen LogP contribution < -0.4 is 5.32 Å². The highest BCUT2D eigenvalue weighted by Gasteiger charge is 2.11. The molecule has 0 aliphatic heterocycles. The van der Waals surface area contributed by atoms with Gasteiger partial charge in [-0.1, -0.05) is 30.3 Å². The Balaban J connectivity index is 1.59. The van der Waals surface area contributed by atoms with Gasteiger partial charge in [0.1, 0.15) is 6.10 Å². The van der Waals surface area contributed by atoms with E-state index in [0.29, 0.717) is 13.1 Å². The lowest BCUT2D eigenvalue weighted by Gasteiger charge is -2.10. The van der Waals surface area contributed by atoms with E-state index in [9.17, 15) is 15.2 Å². The number of fused-ring (bicyclic) bond motifs is 1. The molecular weight excluding hydrogens is 312 g/mol. The van der Waals surface area contributed by atoms with E-state index in [2.05, 4.69) is 5.32 Å². The van der Waals surface area contributed by atoms with Crippen molar-refractivity contribution in [3.63, 3.8) is 0 Å². The molecule has 1 unspecified atom stereocenters. The lowest BCUT2D eigenvalue weighted by Crippen LogP contribution is -2.20. The molecule has 0 aliphatic rings. The van der Waals surface area contributed by atoms with Gasteiger partial charge < -0.3 is 10.4 Å². The average molecular weight is 328 g/mol. The van der Waals surface area contributed by atoms with Gasteiger partial charge in [0.25, 0.3) is 5.69 Å².